The second kappa shape index (κ2) is 10.5. The van der Waals surface area contributed by atoms with Crippen molar-refractivity contribution >= 4 is 39.6 Å². The lowest BCUT2D eigenvalue weighted by molar-refractivity contribution is -0.149. The van der Waals surface area contributed by atoms with Gasteiger partial charge in [-0.25, -0.2) is 0 Å². The molecule has 2 aromatic carbocycles. The van der Waals surface area contributed by atoms with Gasteiger partial charge in [-0.3, -0.25) is 4.79 Å². The van der Waals surface area contributed by atoms with E-state index in [9.17, 15) is 4.79 Å². The Labute approximate surface area is 181 Å². The maximum atomic E-state index is 11.2. The molecule has 0 saturated carbocycles. The number of carbonyl (C=O) groups is 1. The third-order valence-corrected chi connectivity index (χ3v) is 6.22. The van der Waals surface area contributed by atoms with Crippen molar-refractivity contribution in [1.82, 2.24) is 0 Å². The van der Waals surface area contributed by atoms with Crippen LogP contribution in [0.25, 0.3) is 21.2 Å². The number of benzene rings is 2. The van der Waals surface area contributed by atoms with E-state index in [0.29, 0.717) is 12.2 Å². The van der Waals surface area contributed by atoms with Gasteiger partial charge in [-0.1, -0.05) is 63.2 Å². The fourth-order valence-electron chi connectivity index (χ4n) is 3.08. The molecule has 0 atom stereocenters. The number of aryl methyl sites for hydroxylation is 1. The number of rotatable bonds is 9. The maximum Gasteiger partial charge on any atom is 0.308 e. The topological polar surface area (TPSA) is 35.5 Å². The van der Waals surface area contributed by atoms with Crippen LogP contribution in [-0.2, 0) is 16.0 Å². The molecule has 29 heavy (non-hydrogen) atoms. The van der Waals surface area contributed by atoms with Gasteiger partial charge in [-0.2, -0.15) is 0 Å². The van der Waals surface area contributed by atoms with Crippen molar-refractivity contribution in [2.75, 3.05) is 6.79 Å². The molecular formula is C24H26O3S2. The second-order valence-electron chi connectivity index (χ2n) is 6.93. The van der Waals surface area contributed by atoms with Gasteiger partial charge in [0.1, 0.15) is 5.75 Å². The second-order valence-corrected chi connectivity index (χ2v) is 8.65. The van der Waals surface area contributed by atoms with E-state index in [1.54, 1.807) is 18.3 Å². The number of ether oxygens (including phenoxy) is 2. The highest BCUT2D eigenvalue weighted by molar-refractivity contribution is 7.74. The Balaban J connectivity index is 1.76. The molecule has 0 radical (unpaired) electrons. The minimum atomic E-state index is -0.275. The van der Waals surface area contributed by atoms with Crippen LogP contribution in [0.3, 0.4) is 0 Å². The number of esters is 1. The largest absolute Gasteiger partial charge is 0.457 e. The summed E-state index contributed by atoms with van der Waals surface area (Å²) in [6.45, 7) is 3.90. The van der Waals surface area contributed by atoms with Crippen LogP contribution >= 0.6 is 23.6 Å². The van der Waals surface area contributed by atoms with E-state index in [0.717, 1.165) is 31.5 Å². The van der Waals surface area contributed by atoms with Gasteiger partial charge in [-0.05, 0) is 53.6 Å². The third kappa shape index (κ3) is 5.87. The Hall–Kier alpha value is -2.24. The van der Waals surface area contributed by atoms with Crippen molar-refractivity contribution < 1.29 is 14.3 Å². The molecule has 0 N–H and O–H groups in total. The number of hydrogen-bond donors (Lipinski definition) is 0. The van der Waals surface area contributed by atoms with Gasteiger partial charge in [0.2, 0.25) is 6.79 Å². The summed E-state index contributed by atoms with van der Waals surface area (Å²) in [5.41, 5.74) is 3.62. The predicted octanol–water partition coefficient (Wildman–Crippen LogP) is 7.32. The molecule has 0 aliphatic heterocycles. The van der Waals surface area contributed by atoms with Gasteiger partial charge < -0.3 is 9.47 Å². The maximum absolute atomic E-state index is 11.2. The summed E-state index contributed by atoms with van der Waals surface area (Å²) in [5.74, 6) is 0.388. The quantitative estimate of drug-likeness (QED) is 0.155. The standard InChI is InChI=1S/C24H26O3S2/c1-3-5-6-7-17-8-10-18(11-9-17)21-14-19-12-13-20(15-22(19)29-24(21)28)26-16-27-23(25)4-2/h8-15H,3-7,16H2,1-2H3. The first-order chi connectivity index (χ1) is 14.1. The Morgan fingerprint density at radius 1 is 1.03 bits per heavy atom. The van der Waals surface area contributed by atoms with Gasteiger partial charge >= 0.3 is 5.97 Å². The van der Waals surface area contributed by atoms with Gasteiger partial charge in [0.05, 0.1) is 3.82 Å². The zero-order chi connectivity index (χ0) is 20.6. The molecule has 0 aliphatic carbocycles. The summed E-state index contributed by atoms with van der Waals surface area (Å²) in [6, 6.07) is 16.7. The van der Waals surface area contributed by atoms with Crippen LogP contribution in [-0.4, -0.2) is 12.8 Å². The summed E-state index contributed by atoms with van der Waals surface area (Å²) < 4.78 is 12.4. The first-order valence-electron chi connectivity index (χ1n) is 10.1. The highest BCUT2D eigenvalue weighted by atomic mass is 32.1. The van der Waals surface area contributed by atoms with Gasteiger partial charge in [0, 0.05) is 16.7 Å². The molecule has 0 unspecified atom stereocenters. The Kier molecular flexibility index (Phi) is 7.78. The molecule has 0 bridgehead atoms. The highest BCUT2D eigenvalue weighted by Gasteiger charge is 2.06. The van der Waals surface area contributed by atoms with Crippen LogP contribution in [0.4, 0.5) is 0 Å². The molecule has 3 aromatic rings. The molecule has 0 fully saturated rings. The van der Waals surface area contributed by atoms with E-state index in [2.05, 4.69) is 37.3 Å². The monoisotopic (exact) mass is 426 g/mol. The van der Waals surface area contributed by atoms with Crippen molar-refractivity contribution in [1.29, 1.82) is 0 Å². The lowest BCUT2D eigenvalue weighted by Gasteiger charge is -2.09. The van der Waals surface area contributed by atoms with Crippen LogP contribution in [0, 0.1) is 3.82 Å². The van der Waals surface area contributed by atoms with Crippen molar-refractivity contribution in [3.05, 3.63) is 57.9 Å². The first kappa shape index (κ1) is 21.5. The summed E-state index contributed by atoms with van der Waals surface area (Å²) in [6.07, 6.45) is 5.22. The summed E-state index contributed by atoms with van der Waals surface area (Å²) in [5, 5.41) is 1.11. The molecule has 3 rings (SSSR count). The molecular weight excluding hydrogens is 400 g/mol. The Bertz CT molecular complexity index is 1020. The van der Waals surface area contributed by atoms with Crippen LogP contribution in [0.1, 0.15) is 45.1 Å². The molecule has 1 heterocycles. The number of hydrogen-bond acceptors (Lipinski definition) is 5. The highest BCUT2D eigenvalue weighted by Crippen LogP contribution is 2.32. The lowest BCUT2D eigenvalue weighted by atomic mass is 10.0. The average Bonchev–Trinajstić information content (AvgIpc) is 2.74. The molecule has 1 aromatic heterocycles. The van der Waals surface area contributed by atoms with Crippen LogP contribution in [0.15, 0.2) is 48.5 Å². The van der Waals surface area contributed by atoms with E-state index in [1.165, 1.54) is 24.8 Å². The smallest absolute Gasteiger partial charge is 0.308 e. The summed E-state index contributed by atoms with van der Waals surface area (Å²) in [4.78, 5) is 11.2. The van der Waals surface area contributed by atoms with Crippen LogP contribution < -0.4 is 4.74 Å². The SMILES string of the molecule is CCCCCc1ccc(-c2cc3ccc(OCOC(=O)CC)cc3sc2=S)cc1. The number of unbranched alkanes of at least 4 members (excludes halogenated alkanes) is 2. The Morgan fingerprint density at radius 2 is 1.83 bits per heavy atom. The average molecular weight is 427 g/mol. The van der Waals surface area contributed by atoms with E-state index < -0.39 is 0 Å². The molecule has 3 nitrogen and oxygen atoms in total. The third-order valence-electron chi connectivity index (χ3n) is 4.78. The van der Waals surface area contributed by atoms with Gasteiger partial charge in [0.15, 0.2) is 0 Å². The lowest BCUT2D eigenvalue weighted by Crippen LogP contribution is -2.08. The van der Waals surface area contributed by atoms with E-state index in [4.69, 9.17) is 21.7 Å². The van der Waals surface area contributed by atoms with Crippen molar-refractivity contribution in [2.45, 2.75) is 46.0 Å². The molecule has 0 spiro atoms. The normalized spacial score (nSPS) is 10.8. The molecule has 0 aliphatic rings. The minimum Gasteiger partial charge on any atom is -0.457 e. The summed E-state index contributed by atoms with van der Waals surface area (Å²) in [7, 11) is 0. The van der Waals surface area contributed by atoms with Gasteiger partial charge in [-0.15, -0.1) is 11.3 Å². The van der Waals surface area contributed by atoms with Crippen LogP contribution in [0.2, 0.25) is 0 Å². The molecule has 152 valence electrons. The number of carbonyl (C=O) groups excluding carboxylic acids is 1. The van der Waals surface area contributed by atoms with Crippen molar-refractivity contribution in [3.63, 3.8) is 0 Å². The van der Waals surface area contributed by atoms with Crippen molar-refractivity contribution in [3.8, 4) is 16.9 Å². The Morgan fingerprint density at radius 3 is 2.55 bits per heavy atom. The first-order valence-corrected chi connectivity index (χ1v) is 11.3. The number of fused-ring (bicyclic) bond motifs is 1. The predicted molar refractivity (Wildman–Crippen MR) is 123 cm³/mol. The zero-order valence-electron chi connectivity index (χ0n) is 16.9. The minimum absolute atomic E-state index is 0.0771. The van der Waals surface area contributed by atoms with Gasteiger partial charge in [0.25, 0.3) is 0 Å². The molecule has 0 saturated heterocycles. The van der Waals surface area contributed by atoms with Crippen LogP contribution in [0.5, 0.6) is 5.75 Å². The molecule has 5 heteroatoms. The fourth-order valence-corrected chi connectivity index (χ4v) is 4.43. The van der Waals surface area contributed by atoms with E-state index >= 15 is 0 Å². The fraction of sp³-hybridized carbons (Fsp3) is 0.333. The van der Waals surface area contributed by atoms with E-state index in [1.807, 2.05) is 18.2 Å². The zero-order valence-corrected chi connectivity index (χ0v) is 18.5. The summed E-state index contributed by atoms with van der Waals surface area (Å²) >= 11 is 7.24. The van der Waals surface area contributed by atoms with Crippen molar-refractivity contribution in [2.24, 2.45) is 0 Å². The van der Waals surface area contributed by atoms with E-state index in [-0.39, 0.29) is 12.8 Å². The molecule has 0 amide bonds.